The van der Waals surface area contributed by atoms with Gasteiger partial charge in [-0.15, -0.1) is 0 Å². The highest BCUT2D eigenvalue weighted by atomic mass is 16.6. The molecule has 120 valence electrons. The summed E-state index contributed by atoms with van der Waals surface area (Å²) in [5, 5.41) is 11.0. The van der Waals surface area contributed by atoms with Gasteiger partial charge in [0.1, 0.15) is 0 Å². The first kappa shape index (κ1) is 13.9. The molecule has 0 atom stereocenters. The first-order valence-corrected chi connectivity index (χ1v) is 7.85. The molecule has 0 saturated carbocycles. The number of nitrogens with one attached hydrogen (secondary N) is 1. The van der Waals surface area contributed by atoms with Gasteiger partial charge in [-0.3, -0.25) is 0 Å². The Morgan fingerprint density at radius 3 is 2.70 bits per heavy atom. The summed E-state index contributed by atoms with van der Waals surface area (Å²) in [5.41, 5.74) is 0.877. The average Bonchev–Trinajstić information content (AvgIpc) is 3.26. The molecule has 3 aromatic rings. The third-order valence-corrected chi connectivity index (χ3v) is 3.97. The lowest BCUT2D eigenvalue weighted by atomic mass is 10.1. The highest BCUT2D eigenvalue weighted by Gasteiger charge is 2.19. The van der Waals surface area contributed by atoms with Gasteiger partial charge in [-0.2, -0.15) is 0 Å². The van der Waals surface area contributed by atoms with Gasteiger partial charge < -0.3 is 14.8 Å². The molecular weight excluding hydrogens is 296 g/mol. The summed E-state index contributed by atoms with van der Waals surface area (Å²) in [5.74, 6) is 1.56. The topological polar surface area (TPSA) is 97.8 Å². The summed E-state index contributed by atoms with van der Waals surface area (Å²) in [6, 6.07) is 0. The Balaban J connectivity index is 1.57. The van der Waals surface area contributed by atoms with Gasteiger partial charge in [0.05, 0.1) is 6.33 Å². The number of aromatic nitrogens is 6. The summed E-state index contributed by atoms with van der Waals surface area (Å²) < 4.78 is 6.75. The molecule has 0 amide bonds. The van der Waals surface area contributed by atoms with Crippen molar-refractivity contribution in [1.82, 2.24) is 29.8 Å². The van der Waals surface area contributed by atoms with Crippen LogP contribution in [0.4, 0.5) is 11.6 Å². The maximum Gasteiger partial charge on any atom is 0.245 e. The number of fused-ring (bicyclic) bond motifs is 1. The van der Waals surface area contributed by atoms with E-state index in [-0.39, 0.29) is 0 Å². The summed E-state index contributed by atoms with van der Waals surface area (Å²) in [6.45, 7) is 3.50. The zero-order valence-electron chi connectivity index (χ0n) is 12.7. The summed E-state index contributed by atoms with van der Waals surface area (Å²) in [4.78, 5) is 15.4. The third-order valence-electron chi connectivity index (χ3n) is 3.97. The monoisotopic (exact) mass is 314 g/mol. The SMILES string of the molecule is c1cn(CCNc2nc3nonc3nc2N2CCCCC2)cn1. The minimum Gasteiger partial charge on any atom is -0.365 e. The van der Waals surface area contributed by atoms with Crippen molar-refractivity contribution >= 4 is 22.9 Å². The number of piperidine rings is 1. The molecule has 1 fully saturated rings. The predicted molar refractivity (Wildman–Crippen MR) is 84.2 cm³/mol. The van der Waals surface area contributed by atoms with Crippen LogP contribution in [0.25, 0.3) is 11.3 Å². The molecule has 9 nitrogen and oxygen atoms in total. The molecule has 0 aromatic carbocycles. The molecule has 9 heteroatoms. The highest BCUT2D eigenvalue weighted by molar-refractivity contribution is 5.74. The van der Waals surface area contributed by atoms with E-state index in [0.29, 0.717) is 11.3 Å². The van der Waals surface area contributed by atoms with Gasteiger partial charge in [0.25, 0.3) is 0 Å². The van der Waals surface area contributed by atoms with Crippen molar-refractivity contribution in [1.29, 1.82) is 0 Å². The second-order valence-corrected chi connectivity index (χ2v) is 5.58. The van der Waals surface area contributed by atoms with Crippen molar-refractivity contribution in [3.8, 4) is 0 Å². The normalized spacial score (nSPS) is 15.2. The van der Waals surface area contributed by atoms with E-state index in [1.165, 1.54) is 19.3 Å². The second kappa shape index (κ2) is 6.19. The number of imidazole rings is 1. The molecular formula is C14H18N8O. The molecule has 1 saturated heterocycles. The quantitative estimate of drug-likeness (QED) is 0.753. The number of anilines is 2. The van der Waals surface area contributed by atoms with Crippen molar-refractivity contribution in [3.63, 3.8) is 0 Å². The van der Waals surface area contributed by atoms with Gasteiger partial charge in [-0.25, -0.2) is 19.6 Å². The zero-order valence-corrected chi connectivity index (χ0v) is 12.7. The Labute approximate surface area is 132 Å². The lowest BCUT2D eigenvalue weighted by molar-refractivity contribution is 0.314. The van der Waals surface area contributed by atoms with E-state index in [9.17, 15) is 0 Å². The second-order valence-electron chi connectivity index (χ2n) is 5.58. The fourth-order valence-corrected chi connectivity index (χ4v) is 2.80. The molecule has 0 aliphatic carbocycles. The van der Waals surface area contributed by atoms with Crippen molar-refractivity contribution < 1.29 is 4.63 Å². The maximum absolute atomic E-state index is 4.74. The summed E-state index contributed by atoms with van der Waals surface area (Å²) in [6.07, 6.45) is 9.11. The summed E-state index contributed by atoms with van der Waals surface area (Å²) >= 11 is 0. The van der Waals surface area contributed by atoms with E-state index in [0.717, 1.165) is 37.8 Å². The van der Waals surface area contributed by atoms with Crippen molar-refractivity contribution in [2.45, 2.75) is 25.8 Å². The van der Waals surface area contributed by atoms with Crippen LogP contribution >= 0.6 is 0 Å². The minimum absolute atomic E-state index is 0.427. The Bertz CT molecular complexity index is 762. The van der Waals surface area contributed by atoms with Crippen molar-refractivity contribution in [3.05, 3.63) is 18.7 Å². The molecule has 3 aromatic heterocycles. The number of hydrogen-bond acceptors (Lipinski definition) is 8. The van der Waals surface area contributed by atoms with Crippen LogP contribution < -0.4 is 10.2 Å². The fraction of sp³-hybridized carbons (Fsp3) is 0.500. The van der Waals surface area contributed by atoms with Crippen LogP contribution in [0.1, 0.15) is 19.3 Å². The number of hydrogen-bond donors (Lipinski definition) is 1. The molecule has 23 heavy (non-hydrogen) atoms. The van der Waals surface area contributed by atoms with E-state index in [1.807, 2.05) is 10.8 Å². The number of rotatable bonds is 5. The molecule has 1 N–H and O–H groups in total. The lowest BCUT2D eigenvalue weighted by Gasteiger charge is -2.28. The number of nitrogens with zero attached hydrogens (tertiary/aromatic N) is 7. The summed E-state index contributed by atoms with van der Waals surface area (Å²) in [7, 11) is 0. The van der Waals surface area contributed by atoms with Gasteiger partial charge in [0, 0.05) is 38.6 Å². The zero-order chi connectivity index (χ0) is 15.5. The smallest absolute Gasteiger partial charge is 0.245 e. The van der Waals surface area contributed by atoms with Gasteiger partial charge >= 0.3 is 0 Å². The fourth-order valence-electron chi connectivity index (χ4n) is 2.80. The lowest BCUT2D eigenvalue weighted by Crippen LogP contribution is -2.31. The third kappa shape index (κ3) is 2.94. The Morgan fingerprint density at radius 2 is 1.91 bits per heavy atom. The molecule has 1 aliphatic rings. The maximum atomic E-state index is 4.74. The van der Waals surface area contributed by atoms with Crippen LogP contribution in [-0.2, 0) is 6.54 Å². The van der Waals surface area contributed by atoms with Crippen molar-refractivity contribution in [2.24, 2.45) is 0 Å². The van der Waals surface area contributed by atoms with Crippen LogP contribution in [0.5, 0.6) is 0 Å². The van der Waals surface area contributed by atoms with E-state index in [2.05, 4.69) is 35.5 Å². The average molecular weight is 314 g/mol. The van der Waals surface area contributed by atoms with E-state index >= 15 is 0 Å². The van der Waals surface area contributed by atoms with Crippen LogP contribution in [0.3, 0.4) is 0 Å². The molecule has 4 rings (SSSR count). The molecule has 0 spiro atoms. The Hall–Kier alpha value is -2.71. The van der Waals surface area contributed by atoms with E-state index in [4.69, 9.17) is 4.63 Å². The van der Waals surface area contributed by atoms with Gasteiger partial charge in [0.15, 0.2) is 11.6 Å². The van der Waals surface area contributed by atoms with Crippen LogP contribution in [0.15, 0.2) is 23.4 Å². The van der Waals surface area contributed by atoms with E-state index < -0.39 is 0 Å². The minimum atomic E-state index is 0.427. The van der Waals surface area contributed by atoms with Crippen LogP contribution in [0.2, 0.25) is 0 Å². The first-order valence-electron chi connectivity index (χ1n) is 7.85. The van der Waals surface area contributed by atoms with Gasteiger partial charge in [0.2, 0.25) is 11.3 Å². The van der Waals surface area contributed by atoms with Crippen LogP contribution in [-0.4, -0.2) is 49.5 Å². The molecule has 1 aliphatic heterocycles. The molecule has 0 bridgehead atoms. The molecule has 0 unspecified atom stereocenters. The Morgan fingerprint density at radius 1 is 1.09 bits per heavy atom. The van der Waals surface area contributed by atoms with Gasteiger partial charge in [-0.1, -0.05) is 0 Å². The predicted octanol–water partition coefficient (Wildman–Crippen LogP) is 1.31. The molecule has 0 radical (unpaired) electrons. The van der Waals surface area contributed by atoms with Crippen LogP contribution in [0, 0.1) is 0 Å². The molecule has 4 heterocycles. The van der Waals surface area contributed by atoms with E-state index in [1.54, 1.807) is 12.5 Å². The Kier molecular flexibility index (Phi) is 3.75. The highest BCUT2D eigenvalue weighted by Crippen LogP contribution is 2.26. The first-order chi connectivity index (χ1) is 11.4. The largest absolute Gasteiger partial charge is 0.365 e. The standard InChI is InChI=1S/C14H18N8O/c1-2-6-22(7-3-1)14-13(16-5-9-21-8-4-15-10-21)17-11-12(18-14)20-23-19-11/h4,8,10H,1-3,5-7,9H2,(H,16,17,19). The van der Waals surface area contributed by atoms with Gasteiger partial charge in [-0.05, 0) is 29.6 Å². The van der Waals surface area contributed by atoms with Crippen molar-refractivity contribution in [2.75, 3.05) is 29.9 Å².